The van der Waals surface area contributed by atoms with Gasteiger partial charge in [0.05, 0.1) is 18.3 Å². The Morgan fingerprint density at radius 1 is 1.21 bits per heavy atom. The van der Waals surface area contributed by atoms with E-state index >= 15 is 0 Å². The number of aliphatic hydroxyl groups is 1. The first kappa shape index (κ1) is 23.5. The zero-order valence-corrected chi connectivity index (χ0v) is 17.8. The number of hydrogen-bond acceptors (Lipinski definition) is 5. The van der Waals surface area contributed by atoms with E-state index in [0.717, 1.165) is 45.4 Å². The number of halogens is 1. The monoisotopic (exact) mass is 402 g/mol. The van der Waals surface area contributed by atoms with Crippen molar-refractivity contribution in [1.82, 2.24) is 9.80 Å². The van der Waals surface area contributed by atoms with Crippen LogP contribution < -0.4 is 0 Å². The minimum Gasteiger partial charge on any atom is -0.391 e. The number of piperidine rings is 2. The molecule has 4 atom stereocenters. The molecule has 7 heteroatoms. The van der Waals surface area contributed by atoms with Crippen LogP contribution in [0.2, 0.25) is 0 Å². The van der Waals surface area contributed by atoms with Crippen molar-refractivity contribution in [2.75, 3.05) is 39.4 Å². The molecule has 6 nitrogen and oxygen atoms in total. The molecule has 2 saturated heterocycles. The molecule has 2 aliphatic rings. The lowest BCUT2D eigenvalue weighted by atomic mass is 9.95. The van der Waals surface area contributed by atoms with E-state index in [0.29, 0.717) is 25.9 Å². The van der Waals surface area contributed by atoms with Crippen LogP contribution in [0.3, 0.4) is 0 Å². The third-order valence-electron chi connectivity index (χ3n) is 5.66. The van der Waals surface area contributed by atoms with Gasteiger partial charge in [0.15, 0.2) is 0 Å². The molecule has 2 aliphatic heterocycles. The fraction of sp³-hybridized carbons (Fsp3) is 0.952. The Kier molecular flexibility index (Phi) is 10.1. The van der Waals surface area contributed by atoms with Crippen LogP contribution in [-0.4, -0.2) is 90.7 Å². The van der Waals surface area contributed by atoms with Crippen molar-refractivity contribution < 1.29 is 23.8 Å². The van der Waals surface area contributed by atoms with Crippen LogP contribution in [-0.2, 0) is 14.3 Å². The average Bonchev–Trinajstić information content (AvgIpc) is 2.64. The molecule has 0 radical (unpaired) electrons. The van der Waals surface area contributed by atoms with Crippen molar-refractivity contribution in [3.63, 3.8) is 0 Å². The summed E-state index contributed by atoms with van der Waals surface area (Å²) in [5, 5.41) is 9.71. The van der Waals surface area contributed by atoms with E-state index in [1.165, 1.54) is 0 Å². The number of alkyl halides is 1. The number of aliphatic hydroxyl groups excluding tert-OH is 1. The van der Waals surface area contributed by atoms with E-state index in [1.807, 2.05) is 20.8 Å². The molecule has 3 unspecified atom stereocenters. The highest BCUT2D eigenvalue weighted by molar-refractivity contribution is 5.77. The fourth-order valence-electron chi connectivity index (χ4n) is 4.11. The predicted molar refractivity (Wildman–Crippen MR) is 107 cm³/mol. The van der Waals surface area contributed by atoms with Crippen molar-refractivity contribution >= 4 is 5.91 Å². The molecule has 2 rings (SSSR count). The lowest BCUT2D eigenvalue weighted by Crippen LogP contribution is -2.46. The maximum Gasteiger partial charge on any atom is 0.248 e. The van der Waals surface area contributed by atoms with Crippen LogP contribution in [0, 0.1) is 0 Å². The Balaban J connectivity index is 1.73. The zero-order valence-electron chi connectivity index (χ0n) is 17.8. The summed E-state index contributed by atoms with van der Waals surface area (Å²) in [4.78, 5) is 16.3. The lowest BCUT2D eigenvalue weighted by Gasteiger charge is -2.38. The van der Waals surface area contributed by atoms with Gasteiger partial charge in [-0.3, -0.25) is 9.69 Å². The number of ether oxygens (including phenoxy) is 2. The van der Waals surface area contributed by atoms with Gasteiger partial charge in [-0.1, -0.05) is 0 Å². The molecule has 0 aliphatic carbocycles. The minimum absolute atomic E-state index is 0.0297. The molecule has 0 bridgehead atoms. The molecule has 1 N–H and O–H groups in total. The van der Waals surface area contributed by atoms with E-state index in [1.54, 1.807) is 4.90 Å². The molecule has 0 spiro atoms. The number of nitrogens with zero attached hydrogens (tertiary/aromatic N) is 2. The number of carbonyl (C=O) groups is 1. The number of rotatable bonds is 10. The van der Waals surface area contributed by atoms with Gasteiger partial charge in [-0.25, -0.2) is 4.39 Å². The van der Waals surface area contributed by atoms with Gasteiger partial charge < -0.3 is 19.5 Å². The molecule has 0 saturated carbocycles. The SMILES string of the molecule is CC(C)OCCCN1CCC(F)CC1CC(C)OCC(=O)N1CCC[C@H](O)C1. The molecule has 0 aromatic heterocycles. The first-order valence-corrected chi connectivity index (χ1v) is 10.9. The van der Waals surface area contributed by atoms with E-state index in [-0.39, 0.29) is 30.8 Å². The largest absolute Gasteiger partial charge is 0.391 e. The summed E-state index contributed by atoms with van der Waals surface area (Å²) in [6.07, 6.45) is 3.32. The summed E-state index contributed by atoms with van der Waals surface area (Å²) >= 11 is 0. The van der Waals surface area contributed by atoms with Gasteiger partial charge in [-0.05, 0) is 59.3 Å². The Morgan fingerprint density at radius 3 is 2.71 bits per heavy atom. The van der Waals surface area contributed by atoms with Crippen LogP contribution in [0.5, 0.6) is 0 Å². The Hall–Kier alpha value is -0.760. The molecule has 2 heterocycles. The minimum atomic E-state index is -0.753. The van der Waals surface area contributed by atoms with E-state index < -0.39 is 12.3 Å². The van der Waals surface area contributed by atoms with Gasteiger partial charge in [-0.2, -0.15) is 0 Å². The Bertz CT molecular complexity index is 466. The molecule has 0 aromatic carbocycles. The van der Waals surface area contributed by atoms with Gasteiger partial charge in [0.2, 0.25) is 5.91 Å². The number of amides is 1. The van der Waals surface area contributed by atoms with E-state index in [2.05, 4.69) is 4.90 Å². The van der Waals surface area contributed by atoms with Gasteiger partial charge in [0.1, 0.15) is 12.8 Å². The highest BCUT2D eigenvalue weighted by atomic mass is 19.1. The lowest BCUT2D eigenvalue weighted by molar-refractivity contribution is -0.141. The standard InChI is InChI=1S/C21H39FN2O4/c1-16(2)27-11-5-9-23-10-7-18(22)13-19(23)12-17(3)28-15-21(26)24-8-4-6-20(25)14-24/h16-20,25H,4-15H2,1-3H3/t17?,18?,19?,20-/m0/s1. The summed E-state index contributed by atoms with van der Waals surface area (Å²) < 4.78 is 25.4. The fourth-order valence-corrected chi connectivity index (χ4v) is 4.11. The number of hydrogen-bond donors (Lipinski definition) is 1. The van der Waals surface area contributed by atoms with Crippen molar-refractivity contribution in [2.45, 2.75) is 89.8 Å². The van der Waals surface area contributed by atoms with Gasteiger partial charge in [0.25, 0.3) is 0 Å². The summed E-state index contributed by atoms with van der Waals surface area (Å²) in [5.41, 5.74) is 0. The van der Waals surface area contributed by atoms with Crippen molar-refractivity contribution in [2.24, 2.45) is 0 Å². The average molecular weight is 403 g/mol. The molecule has 164 valence electrons. The maximum atomic E-state index is 14.0. The third-order valence-corrected chi connectivity index (χ3v) is 5.66. The van der Waals surface area contributed by atoms with Gasteiger partial charge in [0, 0.05) is 38.8 Å². The first-order valence-electron chi connectivity index (χ1n) is 10.9. The smallest absolute Gasteiger partial charge is 0.248 e. The van der Waals surface area contributed by atoms with Crippen LogP contribution in [0.4, 0.5) is 4.39 Å². The first-order chi connectivity index (χ1) is 13.3. The van der Waals surface area contributed by atoms with Crippen LogP contribution in [0.15, 0.2) is 0 Å². The van der Waals surface area contributed by atoms with Crippen LogP contribution in [0.25, 0.3) is 0 Å². The maximum absolute atomic E-state index is 14.0. The van der Waals surface area contributed by atoms with Crippen molar-refractivity contribution in [1.29, 1.82) is 0 Å². The quantitative estimate of drug-likeness (QED) is 0.569. The molecule has 0 aromatic rings. The highest BCUT2D eigenvalue weighted by Gasteiger charge is 2.30. The predicted octanol–water partition coefficient (Wildman–Crippen LogP) is 2.38. The number of β-amino-alcohol motifs (C(OH)–C–C–N with tert-alkyl or cyclic N) is 1. The van der Waals surface area contributed by atoms with Crippen LogP contribution >= 0.6 is 0 Å². The van der Waals surface area contributed by atoms with Gasteiger partial charge in [-0.15, -0.1) is 0 Å². The van der Waals surface area contributed by atoms with E-state index in [9.17, 15) is 14.3 Å². The molecular formula is C21H39FN2O4. The van der Waals surface area contributed by atoms with Gasteiger partial charge >= 0.3 is 0 Å². The van der Waals surface area contributed by atoms with E-state index in [4.69, 9.17) is 9.47 Å². The molecular weight excluding hydrogens is 363 g/mol. The second-order valence-corrected chi connectivity index (χ2v) is 8.58. The van der Waals surface area contributed by atoms with Crippen molar-refractivity contribution in [3.05, 3.63) is 0 Å². The second kappa shape index (κ2) is 12.1. The Labute approximate surface area is 169 Å². The normalized spacial score (nSPS) is 27.9. The zero-order chi connectivity index (χ0) is 20.5. The summed E-state index contributed by atoms with van der Waals surface area (Å²) in [6, 6.07) is 0.143. The topological polar surface area (TPSA) is 62.2 Å². The molecule has 28 heavy (non-hydrogen) atoms. The number of likely N-dealkylation sites (tertiary alicyclic amines) is 2. The Morgan fingerprint density at radius 2 is 2.00 bits per heavy atom. The summed E-state index contributed by atoms with van der Waals surface area (Å²) in [5.74, 6) is -0.0692. The molecule has 1 amide bonds. The highest BCUT2D eigenvalue weighted by Crippen LogP contribution is 2.24. The molecule has 2 fully saturated rings. The second-order valence-electron chi connectivity index (χ2n) is 8.58. The summed E-state index contributed by atoms with van der Waals surface area (Å²) in [7, 11) is 0. The van der Waals surface area contributed by atoms with Crippen molar-refractivity contribution in [3.8, 4) is 0 Å². The summed E-state index contributed by atoms with van der Waals surface area (Å²) in [6.45, 7) is 9.53. The third kappa shape index (κ3) is 8.31. The van der Waals surface area contributed by atoms with Crippen LogP contribution in [0.1, 0.15) is 59.3 Å². The number of carbonyl (C=O) groups excluding carboxylic acids is 1.